The van der Waals surface area contributed by atoms with Crippen molar-refractivity contribution in [2.75, 3.05) is 0 Å². The number of aromatic nitrogens is 1. The Labute approximate surface area is 138 Å². The number of carbonyl (C=O) groups excluding carboxylic acids is 1. The van der Waals surface area contributed by atoms with Gasteiger partial charge in [0.25, 0.3) is 0 Å². The highest BCUT2D eigenvalue weighted by molar-refractivity contribution is 5.77. The third-order valence-electron chi connectivity index (χ3n) is 4.13. The van der Waals surface area contributed by atoms with E-state index in [1.54, 1.807) is 11.1 Å². The summed E-state index contributed by atoms with van der Waals surface area (Å²) in [4.78, 5) is 18.1. The van der Waals surface area contributed by atoms with Gasteiger partial charge in [0.05, 0.1) is 0 Å². The van der Waals surface area contributed by atoms with Crippen LogP contribution in [0.3, 0.4) is 0 Å². The van der Waals surface area contributed by atoms with E-state index in [4.69, 9.17) is 0 Å². The molecule has 0 aromatic carbocycles. The zero-order valence-electron chi connectivity index (χ0n) is 14.0. The number of rotatable bonds is 6. The Morgan fingerprint density at radius 3 is 2.83 bits per heavy atom. The number of hydrogen-bond acceptors (Lipinski definition) is 2. The molecule has 2 heterocycles. The van der Waals surface area contributed by atoms with Gasteiger partial charge in [-0.25, -0.2) is 4.79 Å². The summed E-state index contributed by atoms with van der Waals surface area (Å²) >= 11 is 0. The summed E-state index contributed by atoms with van der Waals surface area (Å²) < 4.78 is 0. The van der Waals surface area contributed by atoms with Crippen LogP contribution in [0, 0.1) is 5.92 Å². The van der Waals surface area contributed by atoms with Crippen LogP contribution in [0.4, 0.5) is 4.79 Å². The van der Waals surface area contributed by atoms with E-state index >= 15 is 0 Å². The fraction of sp³-hybridized carbons (Fsp3) is 0.368. The highest BCUT2D eigenvalue weighted by atomic mass is 16.2. The van der Waals surface area contributed by atoms with Crippen LogP contribution in [0.5, 0.6) is 0 Å². The van der Waals surface area contributed by atoms with E-state index in [-0.39, 0.29) is 6.03 Å². The summed E-state index contributed by atoms with van der Waals surface area (Å²) in [5.41, 5.74) is 3.89. The van der Waals surface area contributed by atoms with Crippen molar-refractivity contribution in [1.29, 1.82) is 0 Å². The van der Waals surface area contributed by atoms with E-state index in [0.29, 0.717) is 24.7 Å². The Morgan fingerprint density at radius 1 is 1.39 bits per heavy atom. The van der Waals surface area contributed by atoms with E-state index in [1.807, 2.05) is 24.4 Å². The lowest BCUT2D eigenvalue weighted by atomic mass is 9.97. The standard InChI is InChI=1S/C19H25N3O/c1-5-6-14(2)15(3)7-8-16(4)21-19(23)22-12-17-9-10-20-11-18(17)13-22/h7-11,14H,3-6,12-13H2,1-2H3,(H,21,23)/b8-7-. The molecular formula is C19H25N3O. The number of amides is 2. The quantitative estimate of drug-likeness (QED) is 0.801. The SMILES string of the molecule is C=C(/C=C\C(=C)C(C)CCC)NC(=O)N1Cc2ccncc2C1. The number of hydrogen-bond donors (Lipinski definition) is 1. The first-order valence-corrected chi connectivity index (χ1v) is 8.04. The van der Waals surface area contributed by atoms with E-state index in [9.17, 15) is 4.79 Å². The Hall–Kier alpha value is -2.36. The Morgan fingerprint density at radius 2 is 2.13 bits per heavy atom. The Balaban J connectivity index is 1.84. The summed E-state index contributed by atoms with van der Waals surface area (Å²) in [6.45, 7) is 13.5. The molecule has 0 radical (unpaired) electrons. The number of pyridine rings is 1. The lowest BCUT2D eigenvalue weighted by Gasteiger charge is -2.16. The van der Waals surface area contributed by atoms with Crippen LogP contribution in [0.25, 0.3) is 0 Å². The lowest BCUT2D eigenvalue weighted by molar-refractivity contribution is 0.201. The van der Waals surface area contributed by atoms with Gasteiger partial charge >= 0.3 is 6.03 Å². The maximum Gasteiger partial charge on any atom is 0.322 e. The van der Waals surface area contributed by atoms with Gasteiger partial charge in [-0.1, -0.05) is 45.1 Å². The van der Waals surface area contributed by atoms with Crippen LogP contribution in [0.1, 0.15) is 37.8 Å². The van der Waals surface area contributed by atoms with Gasteiger partial charge in [0.15, 0.2) is 0 Å². The molecule has 2 amide bonds. The van der Waals surface area contributed by atoms with Crippen molar-refractivity contribution in [2.24, 2.45) is 5.92 Å². The third-order valence-corrected chi connectivity index (χ3v) is 4.13. The molecule has 0 bridgehead atoms. The minimum Gasteiger partial charge on any atom is -0.316 e. The molecule has 0 fully saturated rings. The summed E-state index contributed by atoms with van der Waals surface area (Å²) in [6, 6.07) is 1.82. The number of carbonyl (C=O) groups is 1. The minimum atomic E-state index is -0.136. The van der Waals surface area contributed by atoms with Crippen LogP contribution in [-0.4, -0.2) is 15.9 Å². The summed E-state index contributed by atoms with van der Waals surface area (Å²) in [7, 11) is 0. The maximum absolute atomic E-state index is 12.3. The van der Waals surface area contributed by atoms with Gasteiger partial charge in [0.1, 0.15) is 0 Å². The first-order valence-electron chi connectivity index (χ1n) is 8.04. The van der Waals surface area contributed by atoms with E-state index < -0.39 is 0 Å². The van der Waals surface area contributed by atoms with Crippen LogP contribution >= 0.6 is 0 Å². The normalized spacial score (nSPS) is 14.6. The monoisotopic (exact) mass is 311 g/mol. The van der Waals surface area contributed by atoms with Crippen LogP contribution in [0.2, 0.25) is 0 Å². The van der Waals surface area contributed by atoms with E-state index in [0.717, 1.165) is 29.5 Å². The van der Waals surface area contributed by atoms with E-state index in [2.05, 4.69) is 37.3 Å². The molecule has 1 aliphatic rings. The average Bonchev–Trinajstić information content (AvgIpc) is 2.97. The largest absolute Gasteiger partial charge is 0.322 e. The van der Waals surface area contributed by atoms with Gasteiger partial charge in [-0.3, -0.25) is 4.98 Å². The van der Waals surface area contributed by atoms with Crippen LogP contribution in [0.15, 0.2) is 55.0 Å². The van der Waals surface area contributed by atoms with Crippen molar-refractivity contribution in [3.63, 3.8) is 0 Å². The zero-order chi connectivity index (χ0) is 16.8. The highest BCUT2D eigenvalue weighted by Gasteiger charge is 2.23. The van der Waals surface area contributed by atoms with Crippen molar-refractivity contribution < 1.29 is 4.79 Å². The summed E-state index contributed by atoms with van der Waals surface area (Å²) in [6.07, 6.45) is 9.57. The molecule has 1 aliphatic heterocycles. The van der Waals surface area contributed by atoms with Crippen molar-refractivity contribution >= 4 is 6.03 Å². The van der Waals surface area contributed by atoms with Crippen molar-refractivity contribution in [2.45, 2.75) is 39.8 Å². The molecule has 1 N–H and O–H groups in total. The van der Waals surface area contributed by atoms with Crippen molar-refractivity contribution in [1.82, 2.24) is 15.2 Å². The molecule has 1 aromatic rings. The molecule has 2 rings (SSSR count). The molecule has 0 spiro atoms. The molecule has 0 aliphatic carbocycles. The van der Waals surface area contributed by atoms with E-state index in [1.165, 1.54) is 0 Å². The first-order chi connectivity index (χ1) is 11.0. The molecule has 4 heteroatoms. The van der Waals surface area contributed by atoms with Crippen molar-refractivity contribution in [3.05, 3.63) is 66.2 Å². The van der Waals surface area contributed by atoms with Gasteiger partial charge < -0.3 is 10.2 Å². The molecule has 23 heavy (non-hydrogen) atoms. The molecule has 1 atom stereocenters. The zero-order valence-corrected chi connectivity index (χ0v) is 14.0. The number of allylic oxidation sites excluding steroid dienone is 3. The molecule has 0 saturated carbocycles. The molecular weight excluding hydrogens is 286 g/mol. The second-order valence-corrected chi connectivity index (χ2v) is 6.05. The first kappa shape index (κ1) is 17.0. The second kappa shape index (κ2) is 7.77. The summed E-state index contributed by atoms with van der Waals surface area (Å²) in [5, 5.41) is 2.83. The second-order valence-electron chi connectivity index (χ2n) is 6.05. The molecule has 122 valence electrons. The lowest BCUT2D eigenvalue weighted by Crippen LogP contribution is -2.35. The Kier molecular flexibility index (Phi) is 5.74. The molecule has 1 unspecified atom stereocenters. The summed E-state index contributed by atoms with van der Waals surface area (Å²) in [5.74, 6) is 0.445. The number of nitrogens with zero attached hydrogens (tertiary/aromatic N) is 2. The third kappa shape index (κ3) is 4.55. The van der Waals surface area contributed by atoms with Gasteiger partial charge in [-0.15, -0.1) is 0 Å². The van der Waals surface area contributed by atoms with Gasteiger partial charge in [0, 0.05) is 31.2 Å². The fourth-order valence-electron chi connectivity index (χ4n) is 2.61. The maximum atomic E-state index is 12.3. The van der Waals surface area contributed by atoms with Crippen LogP contribution in [-0.2, 0) is 13.1 Å². The Bertz CT molecular complexity index is 608. The fourth-order valence-corrected chi connectivity index (χ4v) is 2.61. The molecule has 0 saturated heterocycles. The van der Waals surface area contributed by atoms with Crippen molar-refractivity contribution in [3.8, 4) is 0 Å². The van der Waals surface area contributed by atoms with Gasteiger partial charge in [0.2, 0.25) is 0 Å². The molecule has 1 aromatic heterocycles. The highest BCUT2D eigenvalue weighted by Crippen LogP contribution is 2.21. The minimum absolute atomic E-state index is 0.136. The van der Waals surface area contributed by atoms with Crippen LogP contribution < -0.4 is 5.32 Å². The van der Waals surface area contributed by atoms with Gasteiger partial charge in [-0.05, 0) is 35.6 Å². The number of urea groups is 1. The topological polar surface area (TPSA) is 45.2 Å². The average molecular weight is 311 g/mol. The number of fused-ring (bicyclic) bond motifs is 1. The number of nitrogens with one attached hydrogen (secondary N) is 1. The smallest absolute Gasteiger partial charge is 0.316 e. The molecule has 4 nitrogen and oxygen atoms in total. The van der Waals surface area contributed by atoms with Gasteiger partial charge in [-0.2, -0.15) is 0 Å². The predicted octanol–water partition coefficient (Wildman–Crippen LogP) is 4.17. The predicted molar refractivity (Wildman–Crippen MR) is 93.5 cm³/mol.